The summed E-state index contributed by atoms with van der Waals surface area (Å²) in [5, 5.41) is 0. The summed E-state index contributed by atoms with van der Waals surface area (Å²) in [5.74, 6) is 2.52. The molecule has 0 aliphatic heterocycles. The number of hydrogen-bond acceptors (Lipinski definition) is 4. The Hall–Kier alpha value is -1.33. The number of hydrogen-bond donors (Lipinski definition) is 1. The van der Waals surface area contributed by atoms with E-state index in [4.69, 9.17) is 15.2 Å². The van der Waals surface area contributed by atoms with Crippen LogP contribution in [0.3, 0.4) is 0 Å². The number of benzene rings is 2. The minimum absolute atomic E-state index is 0.639. The summed E-state index contributed by atoms with van der Waals surface area (Å²) in [6.07, 6.45) is 0. The third-order valence-electron chi connectivity index (χ3n) is 2.61. The average Bonchev–Trinajstić information content (AvgIpc) is 2.46. The maximum atomic E-state index is 5.73. The Morgan fingerprint density at radius 1 is 1.15 bits per heavy atom. The van der Waals surface area contributed by atoms with E-state index in [-0.39, 0.29) is 0 Å². The fourth-order valence-electron chi connectivity index (χ4n) is 1.65. The first-order valence-electron chi connectivity index (χ1n) is 6.14. The fraction of sp³-hybridized carbons (Fsp3) is 0.200. The predicted molar refractivity (Wildman–Crippen MR) is 87.8 cm³/mol. The molecule has 0 amide bonds. The number of halogens is 1. The molecular weight excluding hydrogens is 338 g/mol. The zero-order chi connectivity index (χ0) is 14.4. The predicted octanol–water partition coefficient (Wildman–Crippen LogP) is 4.21. The van der Waals surface area contributed by atoms with Crippen LogP contribution in [-0.4, -0.2) is 19.5 Å². The Bertz CT molecular complexity index is 560. The Labute approximate surface area is 131 Å². The number of nitrogen functional groups attached to an aromatic ring is 1. The highest BCUT2D eigenvalue weighted by Crippen LogP contribution is 2.30. The van der Waals surface area contributed by atoms with Crippen molar-refractivity contribution in [2.45, 2.75) is 4.90 Å². The summed E-state index contributed by atoms with van der Waals surface area (Å²) in [4.78, 5) is 1.07. The fourth-order valence-corrected chi connectivity index (χ4v) is 2.75. The molecule has 2 rings (SSSR count). The number of ether oxygens (including phenoxy) is 2. The van der Waals surface area contributed by atoms with Gasteiger partial charge in [0.05, 0.1) is 13.7 Å². The van der Waals surface area contributed by atoms with Gasteiger partial charge in [-0.2, -0.15) is 0 Å². The summed E-state index contributed by atoms with van der Waals surface area (Å²) in [5.41, 5.74) is 6.43. The quantitative estimate of drug-likeness (QED) is 0.479. The molecule has 0 spiro atoms. The summed E-state index contributed by atoms with van der Waals surface area (Å²) >= 11 is 5.08. The second-order valence-electron chi connectivity index (χ2n) is 4.06. The number of nitrogens with two attached hydrogens (primary N) is 1. The van der Waals surface area contributed by atoms with Crippen LogP contribution >= 0.6 is 27.7 Å². The second-order valence-corrected chi connectivity index (χ2v) is 6.11. The first-order chi connectivity index (χ1) is 9.69. The lowest BCUT2D eigenvalue weighted by atomic mass is 10.3. The van der Waals surface area contributed by atoms with E-state index >= 15 is 0 Å². The Kier molecular flexibility index (Phi) is 5.61. The van der Waals surface area contributed by atoms with E-state index in [0.717, 1.165) is 26.6 Å². The molecule has 0 unspecified atom stereocenters. The van der Waals surface area contributed by atoms with Crippen LogP contribution in [0.2, 0.25) is 0 Å². The molecular formula is C15H16BrNO2S. The van der Waals surface area contributed by atoms with Crippen LogP contribution in [0.25, 0.3) is 0 Å². The number of thioether (sulfide) groups is 1. The topological polar surface area (TPSA) is 44.5 Å². The molecule has 0 fully saturated rings. The van der Waals surface area contributed by atoms with Gasteiger partial charge in [-0.05, 0) is 36.4 Å². The van der Waals surface area contributed by atoms with Crippen molar-refractivity contribution in [1.29, 1.82) is 0 Å². The molecule has 2 aromatic rings. The van der Waals surface area contributed by atoms with Crippen molar-refractivity contribution < 1.29 is 9.47 Å². The van der Waals surface area contributed by atoms with Gasteiger partial charge in [-0.25, -0.2) is 0 Å². The molecule has 0 aromatic heterocycles. The third-order valence-corrected chi connectivity index (χ3v) is 4.16. The Morgan fingerprint density at radius 3 is 2.60 bits per heavy atom. The number of rotatable bonds is 6. The van der Waals surface area contributed by atoms with Crippen LogP contribution in [-0.2, 0) is 0 Å². The number of methoxy groups -OCH3 is 1. The van der Waals surface area contributed by atoms with Crippen molar-refractivity contribution in [3.8, 4) is 11.5 Å². The van der Waals surface area contributed by atoms with Crippen molar-refractivity contribution in [2.24, 2.45) is 0 Å². The molecule has 5 heteroatoms. The van der Waals surface area contributed by atoms with E-state index < -0.39 is 0 Å². The smallest absolute Gasteiger partial charge is 0.134 e. The van der Waals surface area contributed by atoms with Crippen LogP contribution < -0.4 is 15.2 Å². The molecule has 0 atom stereocenters. The molecule has 106 valence electrons. The van der Waals surface area contributed by atoms with Gasteiger partial charge < -0.3 is 15.2 Å². The van der Waals surface area contributed by atoms with Crippen LogP contribution in [0.4, 0.5) is 5.69 Å². The zero-order valence-electron chi connectivity index (χ0n) is 11.1. The monoisotopic (exact) mass is 353 g/mol. The van der Waals surface area contributed by atoms with Crippen molar-refractivity contribution >= 4 is 33.4 Å². The van der Waals surface area contributed by atoms with Gasteiger partial charge >= 0.3 is 0 Å². The molecule has 0 radical (unpaired) electrons. The van der Waals surface area contributed by atoms with Crippen molar-refractivity contribution in [1.82, 2.24) is 0 Å². The lowest BCUT2D eigenvalue weighted by Gasteiger charge is -2.09. The molecule has 0 heterocycles. The molecule has 20 heavy (non-hydrogen) atoms. The van der Waals surface area contributed by atoms with Gasteiger partial charge in [0, 0.05) is 26.9 Å². The first-order valence-corrected chi connectivity index (χ1v) is 7.91. The highest BCUT2D eigenvalue weighted by atomic mass is 79.9. The molecule has 2 aromatic carbocycles. The van der Waals surface area contributed by atoms with E-state index in [0.29, 0.717) is 12.3 Å². The second kappa shape index (κ2) is 7.45. The molecule has 0 bridgehead atoms. The molecule has 2 N–H and O–H groups in total. The van der Waals surface area contributed by atoms with Crippen LogP contribution in [0.15, 0.2) is 51.8 Å². The molecule has 0 aliphatic carbocycles. The van der Waals surface area contributed by atoms with Gasteiger partial charge in [0.25, 0.3) is 0 Å². The first kappa shape index (κ1) is 15.1. The minimum Gasteiger partial charge on any atom is -0.496 e. The van der Waals surface area contributed by atoms with Gasteiger partial charge in [0.2, 0.25) is 0 Å². The van der Waals surface area contributed by atoms with E-state index in [1.54, 1.807) is 18.9 Å². The maximum absolute atomic E-state index is 5.73. The van der Waals surface area contributed by atoms with Crippen molar-refractivity contribution in [3.63, 3.8) is 0 Å². The summed E-state index contributed by atoms with van der Waals surface area (Å²) in [6, 6.07) is 13.5. The molecule has 0 saturated heterocycles. The lowest BCUT2D eigenvalue weighted by Crippen LogP contribution is -2.00. The SMILES string of the molecule is COc1cc(N)ccc1SCCOc1ccc(Br)cc1. The van der Waals surface area contributed by atoms with Gasteiger partial charge in [0.1, 0.15) is 11.5 Å². The van der Waals surface area contributed by atoms with Crippen LogP contribution in [0, 0.1) is 0 Å². The van der Waals surface area contributed by atoms with Gasteiger partial charge in [0.15, 0.2) is 0 Å². The highest BCUT2D eigenvalue weighted by Gasteiger charge is 2.04. The van der Waals surface area contributed by atoms with E-state index in [1.807, 2.05) is 42.5 Å². The maximum Gasteiger partial charge on any atom is 0.134 e. The van der Waals surface area contributed by atoms with Crippen LogP contribution in [0.1, 0.15) is 0 Å². The van der Waals surface area contributed by atoms with E-state index in [9.17, 15) is 0 Å². The summed E-state index contributed by atoms with van der Waals surface area (Å²) in [6.45, 7) is 0.639. The van der Waals surface area contributed by atoms with Crippen molar-refractivity contribution in [2.75, 3.05) is 25.2 Å². The largest absolute Gasteiger partial charge is 0.496 e. The minimum atomic E-state index is 0.639. The van der Waals surface area contributed by atoms with Gasteiger partial charge in [-0.3, -0.25) is 0 Å². The standard InChI is InChI=1S/C15H16BrNO2S/c1-18-14-10-12(17)4-7-15(14)20-9-8-19-13-5-2-11(16)3-6-13/h2-7,10H,8-9,17H2,1H3. The molecule has 0 saturated carbocycles. The number of anilines is 1. The van der Waals surface area contributed by atoms with Gasteiger partial charge in [-0.15, -0.1) is 11.8 Å². The summed E-state index contributed by atoms with van der Waals surface area (Å²) in [7, 11) is 1.65. The Balaban J connectivity index is 1.82. The third kappa shape index (κ3) is 4.35. The zero-order valence-corrected chi connectivity index (χ0v) is 13.5. The van der Waals surface area contributed by atoms with Gasteiger partial charge in [-0.1, -0.05) is 15.9 Å². The average molecular weight is 354 g/mol. The molecule has 0 aliphatic rings. The van der Waals surface area contributed by atoms with E-state index in [2.05, 4.69) is 15.9 Å². The lowest BCUT2D eigenvalue weighted by molar-refractivity contribution is 0.344. The van der Waals surface area contributed by atoms with Crippen LogP contribution in [0.5, 0.6) is 11.5 Å². The van der Waals surface area contributed by atoms with E-state index in [1.165, 1.54) is 0 Å². The molecule has 3 nitrogen and oxygen atoms in total. The Morgan fingerprint density at radius 2 is 1.90 bits per heavy atom. The van der Waals surface area contributed by atoms with Crippen molar-refractivity contribution in [3.05, 3.63) is 46.9 Å². The highest BCUT2D eigenvalue weighted by molar-refractivity contribution is 9.10. The summed E-state index contributed by atoms with van der Waals surface area (Å²) < 4.78 is 12.0. The normalized spacial score (nSPS) is 10.3.